The predicted molar refractivity (Wildman–Crippen MR) is 132 cm³/mol. The van der Waals surface area contributed by atoms with Crippen LogP contribution < -0.4 is 58.6 Å². The van der Waals surface area contributed by atoms with Crippen LogP contribution in [0.1, 0.15) is 44.7 Å². The maximum Gasteiger partial charge on any atom is 0.230 e. The van der Waals surface area contributed by atoms with E-state index in [9.17, 15) is 19.2 Å². The van der Waals surface area contributed by atoms with E-state index < -0.39 is 5.78 Å². The quantitative estimate of drug-likeness (QED) is 0.187. The van der Waals surface area contributed by atoms with E-state index in [1.54, 1.807) is 36.4 Å². The zero-order valence-corrected chi connectivity index (χ0v) is 25.9. The van der Waals surface area contributed by atoms with Crippen LogP contribution in [-0.2, 0) is 9.59 Å². The zero-order chi connectivity index (χ0) is 25.3. The number of nitrogens with one attached hydrogen (secondary N) is 2. The molecule has 0 fully saturated rings. The van der Waals surface area contributed by atoms with Gasteiger partial charge in [0, 0.05) is 11.1 Å². The van der Waals surface area contributed by atoms with Gasteiger partial charge in [0.1, 0.15) is 0 Å². The second kappa shape index (κ2) is 12.6. The number of fused-ring (bicyclic) bond motifs is 2. The summed E-state index contributed by atoms with van der Waals surface area (Å²) in [7, 11) is 12.0. The fourth-order valence-corrected chi connectivity index (χ4v) is 3.75. The Morgan fingerprint density at radius 3 is 1.33 bits per heavy atom. The van der Waals surface area contributed by atoms with Crippen molar-refractivity contribution in [3.63, 3.8) is 0 Å². The van der Waals surface area contributed by atoms with Gasteiger partial charge in [0.2, 0.25) is 11.8 Å². The lowest BCUT2D eigenvalue weighted by molar-refractivity contribution is -0.869. The highest BCUT2D eigenvalue weighted by Gasteiger charge is 2.34. The van der Waals surface area contributed by atoms with Gasteiger partial charge >= 0.3 is 0 Å². The molecule has 2 amide bonds. The van der Waals surface area contributed by atoms with E-state index in [1.165, 1.54) is 0 Å². The summed E-state index contributed by atoms with van der Waals surface area (Å²) < 4.78 is 1.25. The largest absolute Gasteiger partial charge is 1.00 e. The Morgan fingerprint density at radius 1 is 0.639 bits per heavy atom. The van der Waals surface area contributed by atoms with Gasteiger partial charge in [0.15, 0.2) is 11.6 Å². The van der Waals surface area contributed by atoms with E-state index in [-0.39, 0.29) is 101 Å². The number of halogens is 2. The Bertz CT molecular complexity index is 1080. The van der Waals surface area contributed by atoms with E-state index in [0.29, 0.717) is 33.4 Å². The second-order valence-electron chi connectivity index (χ2n) is 10.7. The molecule has 0 unspecified atom stereocenters. The molecule has 8 nitrogen and oxygen atoms in total. The lowest BCUT2D eigenvalue weighted by Crippen LogP contribution is -3.00. The number of hydrogen-bond donors (Lipinski definition) is 2. The Hall–Kier alpha value is -1.90. The number of ketones is 2. The van der Waals surface area contributed by atoms with Crippen molar-refractivity contribution < 1.29 is 76.1 Å². The van der Waals surface area contributed by atoms with Crippen LogP contribution in [-0.4, -0.2) is 87.7 Å². The second-order valence-corrected chi connectivity index (χ2v) is 10.7. The van der Waals surface area contributed by atoms with Gasteiger partial charge in [-0.1, -0.05) is 24.3 Å². The van der Waals surface area contributed by atoms with Crippen molar-refractivity contribution in [2.45, 2.75) is 12.8 Å². The van der Waals surface area contributed by atoms with Gasteiger partial charge in [0.25, 0.3) is 0 Å². The summed E-state index contributed by atoms with van der Waals surface area (Å²) >= 11 is 0. The SMILES string of the molecule is C[N+](C)(C)CCC(=O)Nc1cccc2c1C(=O)c1c(NC(=O)CC[N+](C)(C)C)cccc1C2=O.[I-].[I-]. The molecule has 0 bridgehead atoms. The molecule has 2 aromatic carbocycles. The molecule has 2 N–H and O–H groups in total. The number of quaternary nitrogens is 2. The zero-order valence-electron chi connectivity index (χ0n) is 21.6. The normalized spacial score (nSPS) is 12.5. The number of nitrogens with zero attached hydrogens (tertiary/aromatic N) is 2. The van der Waals surface area contributed by atoms with Gasteiger partial charge in [0.05, 0.1) is 90.7 Å². The highest BCUT2D eigenvalue weighted by molar-refractivity contribution is 6.32. The highest BCUT2D eigenvalue weighted by Crippen LogP contribution is 2.35. The van der Waals surface area contributed by atoms with Gasteiger partial charge in [-0.05, 0) is 12.1 Å². The number of carbonyl (C=O) groups excluding carboxylic acids is 4. The first kappa shape index (κ1) is 32.1. The summed E-state index contributed by atoms with van der Waals surface area (Å²) in [5.41, 5.74) is 1.42. The van der Waals surface area contributed by atoms with Crippen LogP contribution in [0.2, 0.25) is 0 Å². The summed E-state index contributed by atoms with van der Waals surface area (Å²) in [5.74, 6) is -1.16. The fraction of sp³-hybridized carbons (Fsp3) is 0.385. The van der Waals surface area contributed by atoms with Crippen molar-refractivity contribution in [2.75, 3.05) is 66.0 Å². The summed E-state index contributed by atoms with van der Waals surface area (Å²) in [6, 6.07) is 9.74. The average Bonchev–Trinajstić information content (AvgIpc) is 2.73. The molecule has 0 saturated carbocycles. The van der Waals surface area contributed by atoms with E-state index in [2.05, 4.69) is 10.6 Å². The molecule has 0 spiro atoms. The van der Waals surface area contributed by atoms with Gasteiger partial charge in [-0.2, -0.15) is 0 Å². The van der Waals surface area contributed by atoms with E-state index >= 15 is 0 Å². The molecular formula is C26H34I2N4O4. The van der Waals surface area contributed by atoms with Crippen molar-refractivity contribution in [1.82, 2.24) is 0 Å². The number of rotatable bonds is 8. The van der Waals surface area contributed by atoms with Crippen LogP contribution in [0.4, 0.5) is 11.4 Å². The van der Waals surface area contributed by atoms with Crippen LogP contribution in [0.15, 0.2) is 36.4 Å². The van der Waals surface area contributed by atoms with Crippen molar-refractivity contribution in [3.05, 3.63) is 58.7 Å². The van der Waals surface area contributed by atoms with E-state index in [1.807, 2.05) is 42.3 Å². The molecule has 0 atom stereocenters. The number of anilines is 2. The third-order valence-corrected chi connectivity index (χ3v) is 5.64. The predicted octanol–water partition coefficient (Wildman–Crippen LogP) is -3.46. The molecule has 0 radical (unpaired) electrons. The van der Waals surface area contributed by atoms with Gasteiger partial charge in [-0.25, -0.2) is 0 Å². The molecule has 0 aromatic heterocycles. The summed E-state index contributed by atoms with van der Waals surface area (Å²) in [4.78, 5) is 52.0. The molecule has 3 rings (SSSR count). The minimum Gasteiger partial charge on any atom is -1.00 e. The molecule has 10 heteroatoms. The Labute approximate surface area is 247 Å². The van der Waals surface area contributed by atoms with Crippen molar-refractivity contribution in [1.29, 1.82) is 0 Å². The van der Waals surface area contributed by atoms with Crippen molar-refractivity contribution >= 4 is 34.8 Å². The molecule has 196 valence electrons. The maximum atomic E-state index is 13.6. The van der Waals surface area contributed by atoms with E-state index in [4.69, 9.17) is 0 Å². The maximum absolute atomic E-state index is 13.6. The first-order valence-corrected chi connectivity index (χ1v) is 11.3. The Kier molecular flexibility index (Phi) is 11.2. The minimum atomic E-state index is -0.394. The number of hydrogen-bond acceptors (Lipinski definition) is 4. The lowest BCUT2D eigenvalue weighted by Gasteiger charge is -2.25. The lowest BCUT2D eigenvalue weighted by atomic mass is 9.82. The van der Waals surface area contributed by atoms with Crippen molar-refractivity contribution in [3.8, 4) is 0 Å². The van der Waals surface area contributed by atoms with Crippen LogP contribution >= 0.6 is 0 Å². The summed E-state index contributed by atoms with van der Waals surface area (Å²) in [6.07, 6.45) is 0.555. The molecule has 1 aliphatic carbocycles. The monoisotopic (exact) mass is 720 g/mol. The fourth-order valence-electron chi connectivity index (χ4n) is 3.75. The summed E-state index contributed by atoms with van der Waals surface area (Å²) in [6.45, 7) is 1.25. The van der Waals surface area contributed by atoms with Crippen LogP contribution in [0.3, 0.4) is 0 Å². The van der Waals surface area contributed by atoms with Gasteiger partial charge in [-0.3, -0.25) is 19.2 Å². The van der Waals surface area contributed by atoms with Gasteiger partial charge < -0.3 is 67.6 Å². The summed E-state index contributed by atoms with van der Waals surface area (Å²) in [5, 5.41) is 5.62. The third-order valence-electron chi connectivity index (χ3n) is 5.64. The topological polar surface area (TPSA) is 92.3 Å². The average molecular weight is 720 g/mol. The first-order chi connectivity index (χ1) is 15.8. The number of carbonyl (C=O) groups is 4. The van der Waals surface area contributed by atoms with Crippen LogP contribution in [0.5, 0.6) is 0 Å². The first-order valence-electron chi connectivity index (χ1n) is 11.3. The van der Waals surface area contributed by atoms with Crippen molar-refractivity contribution in [2.24, 2.45) is 0 Å². The molecule has 1 aliphatic rings. The number of benzene rings is 2. The molecule has 2 aromatic rings. The van der Waals surface area contributed by atoms with E-state index in [0.717, 1.165) is 0 Å². The van der Waals surface area contributed by atoms with Crippen LogP contribution in [0.25, 0.3) is 0 Å². The standard InChI is InChI=1S/C26H32N4O4.2HI/c1-29(2,3)15-13-21(31)27-19-11-7-9-17-23(19)26(34)24-18(25(17)33)10-8-12-20(24)28-22(32)14-16-30(4,5)6;;/h7-12H,13-16H2,1-6H3;2*1H. The minimum absolute atomic E-state index is 0. The van der Waals surface area contributed by atoms with Crippen LogP contribution in [0, 0.1) is 0 Å². The molecule has 36 heavy (non-hydrogen) atoms. The Balaban J connectivity index is 0.00000324. The third kappa shape index (κ3) is 8.05. The molecular weight excluding hydrogens is 686 g/mol. The molecule has 0 heterocycles. The smallest absolute Gasteiger partial charge is 0.230 e. The molecule has 0 saturated heterocycles. The highest BCUT2D eigenvalue weighted by atomic mass is 127. The van der Waals surface area contributed by atoms with Gasteiger partial charge in [-0.15, -0.1) is 0 Å². The molecule has 0 aliphatic heterocycles. The number of amides is 2. The Morgan fingerprint density at radius 2 is 1.00 bits per heavy atom.